The van der Waals surface area contributed by atoms with Crippen LogP contribution in [0.3, 0.4) is 0 Å². The molecule has 0 unspecified atom stereocenters. The summed E-state index contributed by atoms with van der Waals surface area (Å²) in [6.07, 6.45) is 3.14. The van der Waals surface area contributed by atoms with Crippen LogP contribution in [0.25, 0.3) is 0 Å². The van der Waals surface area contributed by atoms with Crippen LogP contribution in [0.15, 0.2) is 17.3 Å². The average molecular weight is 286 g/mol. The van der Waals surface area contributed by atoms with Gasteiger partial charge in [-0.3, -0.25) is 9.89 Å². The molecule has 0 spiro atoms. The third-order valence-corrected chi connectivity index (χ3v) is 5.06. The van der Waals surface area contributed by atoms with E-state index >= 15 is 0 Å². The summed E-state index contributed by atoms with van der Waals surface area (Å²) >= 11 is 0. The molecule has 1 aromatic heterocycles. The van der Waals surface area contributed by atoms with Crippen molar-refractivity contribution in [3.8, 4) is 0 Å². The molecule has 106 valence electrons. The van der Waals surface area contributed by atoms with Crippen LogP contribution in [0.4, 0.5) is 0 Å². The lowest BCUT2D eigenvalue weighted by Gasteiger charge is -2.31. The Hall–Kier alpha value is -1.41. The predicted octanol–water partition coefficient (Wildman–Crippen LogP) is 0.0890. The lowest BCUT2D eigenvalue weighted by Crippen LogP contribution is -2.46. The number of nitrogens with zero attached hydrogens (tertiary/aromatic N) is 2. The molecular formula is C11H18N4O3S. The standard InChI is InChI=1S/C11H18N4O3S/c1-2-10(16)13-9-4-7-15(8-5-9)19(17,18)11-3-6-12-14-11/h3,6,9H,2,4-5,7-8H2,1H3,(H,12,14)(H,13,16). The Balaban J connectivity index is 1.95. The first-order valence-corrected chi connectivity index (χ1v) is 7.77. The molecule has 1 aliphatic rings. The molecule has 0 aliphatic carbocycles. The van der Waals surface area contributed by atoms with Gasteiger partial charge in [-0.1, -0.05) is 6.92 Å². The zero-order valence-corrected chi connectivity index (χ0v) is 11.6. The van der Waals surface area contributed by atoms with Crippen LogP contribution in [-0.4, -0.2) is 48.0 Å². The summed E-state index contributed by atoms with van der Waals surface area (Å²) in [4.78, 5) is 11.3. The number of nitrogens with one attached hydrogen (secondary N) is 2. The van der Waals surface area contributed by atoms with Gasteiger partial charge in [0.25, 0.3) is 10.0 Å². The molecule has 0 radical (unpaired) electrons. The Morgan fingerprint density at radius 3 is 2.74 bits per heavy atom. The van der Waals surface area contributed by atoms with Crippen LogP contribution in [-0.2, 0) is 14.8 Å². The van der Waals surface area contributed by atoms with E-state index in [1.165, 1.54) is 16.6 Å². The van der Waals surface area contributed by atoms with Gasteiger partial charge in [0.1, 0.15) is 0 Å². The topological polar surface area (TPSA) is 95.2 Å². The van der Waals surface area contributed by atoms with E-state index in [-0.39, 0.29) is 17.0 Å². The highest BCUT2D eigenvalue weighted by Gasteiger charge is 2.30. The number of hydrogen-bond acceptors (Lipinski definition) is 4. The molecule has 7 nitrogen and oxygen atoms in total. The van der Waals surface area contributed by atoms with Gasteiger partial charge in [0, 0.05) is 25.6 Å². The molecule has 0 bridgehead atoms. The van der Waals surface area contributed by atoms with Crippen molar-refractivity contribution < 1.29 is 13.2 Å². The summed E-state index contributed by atoms with van der Waals surface area (Å²) in [5.74, 6) is 0.00914. The van der Waals surface area contributed by atoms with Crippen LogP contribution in [0, 0.1) is 0 Å². The van der Waals surface area contributed by atoms with E-state index in [1.807, 2.05) is 0 Å². The van der Waals surface area contributed by atoms with Crippen LogP contribution in [0.1, 0.15) is 26.2 Å². The van der Waals surface area contributed by atoms with E-state index < -0.39 is 10.0 Å². The first-order chi connectivity index (χ1) is 9.04. The van der Waals surface area contributed by atoms with E-state index in [9.17, 15) is 13.2 Å². The van der Waals surface area contributed by atoms with Crippen molar-refractivity contribution in [2.45, 2.75) is 37.3 Å². The first-order valence-electron chi connectivity index (χ1n) is 6.33. The van der Waals surface area contributed by atoms with Crippen molar-refractivity contribution in [3.05, 3.63) is 12.3 Å². The van der Waals surface area contributed by atoms with E-state index in [1.54, 1.807) is 6.92 Å². The lowest BCUT2D eigenvalue weighted by atomic mass is 10.1. The molecule has 1 aliphatic heterocycles. The quantitative estimate of drug-likeness (QED) is 0.820. The third kappa shape index (κ3) is 3.13. The minimum absolute atomic E-state index is 0.00914. The Morgan fingerprint density at radius 2 is 2.21 bits per heavy atom. The van der Waals surface area contributed by atoms with Crippen molar-refractivity contribution in [3.63, 3.8) is 0 Å². The Morgan fingerprint density at radius 1 is 1.53 bits per heavy atom. The van der Waals surface area contributed by atoms with Gasteiger partial charge in [-0.15, -0.1) is 0 Å². The maximum Gasteiger partial charge on any atom is 0.259 e. The number of sulfonamides is 1. The van der Waals surface area contributed by atoms with Crippen molar-refractivity contribution in [1.29, 1.82) is 0 Å². The lowest BCUT2D eigenvalue weighted by molar-refractivity contribution is -0.121. The molecule has 1 amide bonds. The molecule has 1 saturated heterocycles. The van der Waals surface area contributed by atoms with E-state index in [0.29, 0.717) is 32.4 Å². The Kier molecular flexibility index (Phi) is 4.20. The number of aromatic nitrogens is 2. The summed E-state index contributed by atoms with van der Waals surface area (Å²) in [5, 5.41) is 9.15. The maximum absolute atomic E-state index is 12.2. The number of carbonyl (C=O) groups is 1. The van der Waals surface area contributed by atoms with Crippen molar-refractivity contribution in [2.24, 2.45) is 0 Å². The number of amides is 1. The van der Waals surface area contributed by atoms with Crippen LogP contribution >= 0.6 is 0 Å². The fourth-order valence-corrected chi connectivity index (χ4v) is 3.47. The highest BCUT2D eigenvalue weighted by molar-refractivity contribution is 7.89. The fraction of sp³-hybridized carbons (Fsp3) is 0.636. The number of H-pyrrole nitrogens is 1. The molecule has 0 aromatic carbocycles. The van der Waals surface area contributed by atoms with Crippen molar-refractivity contribution in [2.75, 3.05) is 13.1 Å². The van der Waals surface area contributed by atoms with Crippen LogP contribution < -0.4 is 5.32 Å². The molecule has 2 N–H and O–H groups in total. The molecule has 8 heteroatoms. The zero-order chi connectivity index (χ0) is 13.9. The summed E-state index contributed by atoms with van der Waals surface area (Å²) < 4.78 is 25.8. The average Bonchev–Trinajstić information content (AvgIpc) is 2.94. The SMILES string of the molecule is CCC(=O)NC1CCN(S(=O)(=O)c2ccn[nH]2)CC1. The molecule has 19 heavy (non-hydrogen) atoms. The number of piperidine rings is 1. The predicted molar refractivity (Wildman–Crippen MR) is 68.8 cm³/mol. The maximum atomic E-state index is 12.2. The molecule has 2 rings (SSSR count). The highest BCUT2D eigenvalue weighted by atomic mass is 32.2. The molecule has 1 fully saturated rings. The fourth-order valence-electron chi connectivity index (χ4n) is 2.10. The molecule has 1 aromatic rings. The largest absolute Gasteiger partial charge is 0.353 e. The minimum atomic E-state index is -3.47. The number of rotatable bonds is 4. The number of carbonyl (C=O) groups excluding carboxylic acids is 1. The first kappa shape index (κ1) is 14.0. The van der Waals surface area contributed by atoms with Gasteiger partial charge in [-0.25, -0.2) is 8.42 Å². The second-order valence-corrected chi connectivity index (χ2v) is 6.43. The smallest absolute Gasteiger partial charge is 0.259 e. The normalized spacial score (nSPS) is 18.4. The van der Waals surface area contributed by atoms with Crippen molar-refractivity contribution >= 4 is 15.9 Å². The van der Waals surface area contributed by atoms with Gasteiger partial charge < -0.3 is 5.32 Å². The van der Waals surface area contributed by atoms with Crippen molar-refractivity contribution in [1.82, 2.24) is 19.8 Å². The van der Waals surface area contributed by atoms with Gasteiger partial charge in [0.15, 0.2) is 5.03 Å². The summed E-state index contributed by atoms with van der Waals surface area (Å²) in [6.45, 7) is 2.62. The van der Waals surface area contributed by atoms with Gasteiger partial charge in [0.05, 0.1) is 6.20 Å². The van der Waals surface area contributed by atoms with Gasteiger partial charge in [-0.05, 0) is 18.9 Å². The second kappa shape index (κ2) is 5.70. The van der Waals surface area contributed by atoms with E-state index in [0.717, 1.165) is 0 Å². The van der Waals surface area contributed by atoms with Gasteiger partial charge in [-0.2, -0.15) is 9.40 Å². The van der Waals surface area contributed by atoms with Crippen LogP contribution in [0.5, 0.6) is 0 Å². The summed E-state index contributed by atoms with van der Waals surface area (Å²) in [5.41, 5.74) is 0. The highest BCUT2D eigenvalue weighted by Crippen LogP contribution is 2.18. The molecule has 0 saturated carbocycles. The zero-order valence-electron chi connectivity index (χ0n) is 10.8. The van der Waals surface area contributed by atoms with Crippen LogP contribution in [0.2, 0.25) is 0 Å². The van der Waals surface area contributed by atoms with Gasteiger partial charge in [0.2, 0.25) is 5.91 Å². The van der Waals surface area contributed by atoms with E-state index in [2.05, 4.69) is 15.5 Å². The number of hydrogen-bond donors (Lipinski definition) is 2. The third-order valence-electron chi connectivity index (χ3n) is 3.23. The molecule has 2 heterocycles. The Bertz CT molecular complexity index is 518. The summed E-state index contributed by atoms with van der Waals surface area (Å²) in [7, 11) is -3.47. The molecular weight excluding hydrogens is 268 g/mol. The van der Waals surface area contributed by atoms with Gasteiger partial charge >= 0.3 is 0 Å². The Labute approximate surface area is 112 Å². The second-order valence-electron chi connectivity index (χ2n) is 4.52. The summed E-state index contributed by atoms with van der Waals surface area (Å²) in [6, 6.07) is 1.51. The monoisotopic (exact) mass is 286 g/mol. The van der Waals surface area contributed by atoms with E-state index in [4.69, 9.17) is 0 Å². The molecule has 0 atom stereocenters. The number of aromatic amines is 1. The minimum Gasteiger partial charge on any atom is -0.353 e.